The molecule has 2 fully saturated rings. The van der Waals surface area contributed by atoms with Crippen LogP contribution >= 0.6 is 0 Å². The molecule has 0 radical (unpaired) electrons. The Labute approximate surface area is 113 Å². The molecule has 0 heterocycles. The molecule has 3 rings (SSSR count). The average molecular weight is 260 g/mol. The lowest BCUT2D eigenvalue weighted by molar-refractivity contribution is -0.137. The first-order valence-electron chi connectivity index (χ1n) is 7.08. The topological polar surface area (TPSA) is 57.5 Å². The molecule has 1 unspecified atom stereocenters. The molecular weight excluding hydrogens is 240 g/mol. The Kier molecular flexibility index (Phi) is 3.09. The summed E-state index contributed by atoms with van der Waals surface area (Å²) in [5.41, 5.74) is 2.34. The highest BCUT2D eigenvalue weighted by atomic mass is 16.4. The van der Waals surface area contributed by atoms with Crippen molar-refractivity contribution in [2.24, 2.45) is 5.92 Å². The first-order chi connectivity index (χ1) is 9.14. The van der Waals surface area contributed by atoms with Crippen LogP contribution in [-0.2, 0) is 10.2 Å². The van der Waals surface area contributed by atoms with Crippen LogP contribution in [0.2, 0.25) is 0 Å². The molecule has 1 aromatic rings. The van der Waals surface area contributed by atoms with E-state index >= 15 is 0 Å². The molecular formula is C16H20O3. The molecule has 3 heteroatoms. The minimum Gasteiger partial charge on any atom is -0.481 e. The van der Waals surface area contributed by atoms with Gasteiger partial charge in [-0.3, -0.25) is 4.79 Å². The Morgan fingerprint density at radius 3 is 2.32 bits per heavy atom. The number of aliphatic hydroxyl groups excluding tert-OH is 1. The van der Waals surface area contributed by atoms with Crippen LogP contribution < -0.4 is 0 Å². The lowest BCUT2D eigenvalue weighted by Crippen LogP contribution is -2.13. The number of rotatable bonds is 6. The van der Waals surface area contributed by atoms with Crippen LogP contribution in [0.1, 0.15) is 49.1 Å². The molecule has 0 aliphatic heterocycles. The lowest BCUT2D eigenvalue weighted by Gasteiger charge is -2.17. The molecule has 2 saturated carbocycles. The fraction of sp³-hybridized carbons (Fsp3) is 0.562. The van der Waals surface area contributed by atoms with Crippen molar-refractivity contribution >= 4 is 5.97 Å². The predicted molar refractivity (Wildman–Crippen MR) is 72.2 cm³/mol. The highest BCUT2D eigenvalue weighted by Gasteiger charge is 2.43. The standard InChI is InChI=1S/C16H20O3/c17-10-16(7-8-16)13-5-3-12(4-6-13)14(9-15(18)19)11-1-2-11/h3-6,11,14,17H,1-2,7-10H2,(H,18,19). The van der Waals surface area contributed by atoms with Crippen molar-refractivity contribution in [3.05, 3.63) is 35.4 Å². The van der Waals surface area contributed by atoms with E-state index in [9.17, 15) is 9.90 Å². The number of aliphatic carboxylic acids is 1. The maximum absolute atomic E-state index is 11.0. The number of aliphatic hydroxyl groups is 1. The molecule has 1 aromatic carbocycles. The van der Waals surface area contributed by atoms with Crippen LogP contribution in [0.3, 0.4) is 0 Å². The summed E-state index contributed by atoms with van der Waals surface area (Å²) in [6.07, 6.45) is 4.66. The molecule has 19 heavy (non-hydrogen) atoms. The summed E-state index contributed by atoms with van der Waals surface area (Å²) in [7, 11) is 0. The highest BCUT2D eigenvalue weighted by Crippen LogP contribution is 2.49. The second-order valence-electron chi connectivity index (χ2n) is 6.10. The summed E-state index contributed by atoms with van der Waals surface area (Å²) in [6.45, 7) is 0.216. The fourth-order valence-electron chi connectivity index (χ4n) is 3.02. The Balaban J connectivity index is 1.78. The molecule has 0 spiro atoms. The van der Waals surface area contributed by atoms with E-state index in [1.807, 2.05) is 0 Å². The number of carboxylic acid groups (broad SMARTS) is 1. The fourth-order valence-corrected chi connectivity index (χ4v) is 3.02. The van der Waals surface area contributed by atoms with E-state index in [0.717, 1.165) is 31.2 Å². The molecule has 2 N–H and O–H groups in total. The van der Waals surface area contributed by atoms with Gasteiger partial charge in [-0.25, -0.2) is 0 Å². The molecule has 0 saturated heterocycles. The number of benzene rings is 1. The van der Waals surface area contributed by atoms with Crippen molar-refractivity contribution in [3.63, 3.8) is 0 Å². The highest BCUT2D eigenvalue weighted by molar-refractivity contribution is 5.68. The van der Waals surface area contributed by atoms with E-state index in [4.69, 9.17) is 5.11 Å². The average Bonchev–Trinajstić information content (AvgIpc) is 3.29. The van der Waals surface area contributed by atoms with Crippen LogP contribution in [-0.4, -0.2) is 22.8 Å². The molecule has 0 amide bonds. The van der Waals surface area contributed by atoms with Gasteiger partial charge in [0.15, 0.2) is 0 Å². The van der Waals surface area contributed by atoms with Gasteiger partial charge in [0.05, 0.1) is 13.0 Å². The zero-order valence-corrected chi connectivity index (χ0v) is 11.0. The monoisotopic (exact) mass is 260 g/mol. The smallest absolute Gasteiger partial charge is 0.303 e. The van der Waals surface area contributed by atoms with Gasteiger partial charge < -0.3 is 10.2 Å². The molecule has 0 aromatic heterocycles. The minimum atomic E-state index is -0.713. The third kappa shape index (κ3) is 2.52. The Morgan fingerprint density at radius 2 is 1.89 bits per heavy atom. The van der Waals surface area contributed by atoms with Crippen molar-refractivity contribution in [2.75, 3.05) is 6.61 Å². The molecule has 2 aliphatic rings. The van der Waals surface area contributed by atoms with Gasteiger partial charge in [-0.05, 0) is 48.6 Å². The maximum atomic E-state index is 11.0. The Hall–Kier alpha value is -1.35. The molecule has 1 atom stereocenters. The molecule has 0 bridgehead atoms. The van der Waals surface area contributed by atoms with Crippen molar-refractivity contribution in [1.82, 2.24) is 0 Å². The molecule has 3 nitrogen and oxygen atoms in total. The van der Waals surface area contributed by atoms with Gasteiger partial charge >= 0.3 is 5.97 Å². The second kappa shape index (κ2) is 4.64. The number of carboxylic acids is 1. The van der Waals surface area contributed by atoms with Crippen LogP contribution in [0.15, 0.2) is 24.3 Å². The van der Waals surface area contributed by atoms with Crippen molar-refractivity contribution in [2.45, 2.75) is 43.4 Å². The van der Waals surface area contributed by atoms with Gasteiger partial charge in [-0.1, -0.05) is 24.3 Å². The predicted octanol–water partition coefficient (Wildman–Crippen LogP) is 2.68. The van der Waals surface area contributed by atoms with Gasteiger partial charge in [0, 0.05) is 5.41 Å². The first-order valence-corrected chi connectivity index (χ1v) is 7.08. The summed E-state index contributed by atoms with van der Waals surface area (Å²) in [6, 6.07) is 8.29. The van der Waals surface area contributed by atoms with Crippen LogP contribution in [0.5, 0.6) is 0 Å². The van der Waals surface area contributed by atoms with E-state index in [1.165, 1.54) is 5.56 Å². The summed E-state index contributed by atoms with van der Waals surface area (Å²) in [5.74, 6) is 0.000467. The summed E-state index contributed by atoms with van der Waals surface area (Å²) in [4.78, 5) is 11.0. The second-order valence-corrected chi connectivity index (χ2v) is 6.10. The zero-order valence-electron chi connectivity index (χ0n) is 11.0. The van der Waals surface area contributed by atoms with Crippen LogP contribution in [0, 0.1) is 5.92 Å². The van der Waals surface area contributed by atoms with Gasteiger partial charge in [0.25, 0.3) is 0 Å². The largest absolute Gasteiger partial charge is 0.481 e. The van der Waals surface area contributed by atoms with Gasteiger partial charge in [0.2, 0.25) is 0 Å². The third-order valence-electron chi connectivity index (χ3n) is 4.69. The van der Waals surface area contributed by atoms with Crippen molar-refractivity contribution in [1.29, 1.82) is 0 Å². The SMILES string of the molecule is O=C(O)CC(c1ccc(C2(CO)CC2)cc1)C1CC1. The van der Waals surface area contributed by atoms with E-state index in [1.54, 1.807) is 0 Å². The Bertz CT molecular complexity index is 469. The van der Waals surface area contributed by atoms with Crippen LogP contribution in [0.25, 0.3) is 0 Å². The minimum absolute atomic E-state index is 0.000402. The van der Waals surface area contributed by atoms with E-state index in [-0.39, 0.29) is 24.4 Å². The number of hydrogen-bond acceptors (Lipinski definition) is 2. The molecule has 2 aliphatic carbocycles. The zero-order chi connectivity index (χ0) is 13.5. The van der Waals surface area contributed by atoms with E-state index in [0.29, 0.717) is 5.92 Å². The Morgan fingerprint density at radius 1 is 1.26 bits per heavy atom. The van der Waals surface area contributed by atoms with Gasteiger partial charge in [-0.2, -0.15) is 0 Å². The number of carbonyl (C=O) groups is 1. The lowest BCUT2D eigenvalue weighted by atomic mass is 9.88. The summed E-state index contributed by atoms with van der Waals surface area (Å²) in [5, 5.41) is 18.4. The summed E-state index contributed by atoms with van der Waals surface area (Å²) < 4.78 is 0. The van der Waals surface area contributed by atoms with E-state index < -0.39 is 5.97 Å². The molecule has 102 valence electrons. The first kappa shape index (κ1) is 12.7. The van der Waals surface area contributed by atoms with Crippen molar-refractivity contribution < 1.29 is 15.0 Å². The third-order valence-corrected chi connectivity index (χ3v) is 4.69. The van der Waals surface area contributed by atoms with Crippen molar-refractivity contribution in [3.8, 4) is 0 Å². The normalized spacial score (nSPS) is 21.9. The number of hydrogen-bond donors (Lipinski definition) is 2. The van der Waals surface area contributed by atoms with Gasteiger partial charge in [0.1, 0.15) is 0 Å². The van der Waals surface area contributed by atoms with Gasteiger partial charge in [-0.15, -0.1) is 0 Å². The maximum Gasteiger partial charge on any atom is 0.303 e. The van der Waals surface area contributed by atoms with Crippen LogP contribution in [0.4, 0.5) is 0 Å². The quantitative estimate of drug-likeness (QED) is 0.826. The van der Waals surface area contributed by atoms with E-state index in [2.05, 4.69) is 24.3 Å². The summed E-state index contributed by atoms with van der Waals surface area (Å²) >= 11 is 0.